The Balaban J connectivity index is 0.918. The number of fused-ring (bicyclic) bond motifs is 1. The summed E-state index contributed by atoms with van der Waals surface area (Å²) in [5.74, 6) is 1.71. The third-order valence-electron chi connectivity index (χ3n) is 9.76. The maximum atomic E-state index is 13.0. The predicted molar refractivity (Wildman–Crippen MR) is 182 cm³/mol. The van der Waals surface area contributed by atoms with Crippen LogP contribution in [0.4, 0.5) is 4.79 Å². The highest BCUT2D eigenvalue weighted by Gasteiger charge is 2.35. The van der Waals surface area contributed by atoms with E-state index >= 15 is 0 Å². The van der Waals surface area contributed by atoms with Crippen molar-refractivity contribution < 1.29 is 9.53 Å². The molecule has 46 heavy (non-hydrogen) atoms. The van der Waals surface area contributed by atoms with Crippen LogP contribution in [0.5, 0.6) is 0 Å². The standard InChI is InChI=1S/C39H37N5O2/c45-39(46-25-26-7-2-1-3-8-26)44-18-6-11-37(44)35-21-33(23-41-35)32-19-31-17-16-30(20-34(31)40-22-32)27-12-14-28(15-13-27)36-24-42-38(43-36)29-9-4-5-10-29/h1-3,7-8,12-17,19-20,22-24,29,37H,4-6,9-11,18,21,25H2,(H,42,43)/t37-/m1/s1. The topological polar surface area (TPSA) is 83.5 Å². The smallest absolute Gasteiger partial charge is 0.410 e. The number of rotatable bonds is 7. The summed E-state index contributed by atoms with van der Waals surface area (Å²) < 4.78 is 5.65. The number of carbonyl (C=O) groups excluding carboxylic acids is 1. The first-order valence-corrected chi connectivity index (χ1v) is 16.5. The average molecular weight is 608 g/mol. The maximum Gasteiger partial charge on any atom is 0.410 e. The molecule has 2 aromatic heterocycles. The zero-order valence-corrected chi connectivity index (χ0v) is 25.9. The van der Waals surface area contributed by atoms with E-state index < -0.39 is 0 Å². The van der Waals surface area contributed by atoms with E-state index in [9.17, 15) is 4.79 Å². The Labute approximate surface area is 269 Å². The van der Waals surface area contributed by atoms with Gasteiger partial charge in [0.1, 0.15) is 12.4 Å². The molecule has 0 unspecified atom stereocenters. The fraction of sp³-hybridized carbons (Fsp3) is 0.282. The molecule has 1 N–H and O–H groups in total. The summed E-state index contributed by atoms with van der Waals surface area (Å²) >= 11 is 0. The zero-order valence-electron chi connectivity index (χ0n) is 25.9. The predicted octanol–water partition coefficient (Wildman–Crippen LogP) is 8.94. The number of likely N-dealkylation sites (tertiary alicyclic amines) is 1. The summed E-state index contributed by atoms with van der Waals surface area (Å²) in [5.41, 5.74) is 9.70. The Morgan fingerprint density at radius 2 is 1.63 bits per heavy atom. The molecule has 3 aliphatic rings. The highest BCUT2D eigenvalue weighted by Crippen LogP contribution is 2.35. The van der Waals surface area contributed by atoms with Gasteiger partial charge in [-0.05, 0) is 71.2 Å². The summed E-state index contributed by atoms with van der Waals surface area (Å²) in [4.78, 5) is 32.7. The van der Waals surface area contributed by atoms with Crippen molar-refractivity contribution >= 4 is 28.3 Å². The number of imidazole rings is 1. The maximum absolute atomic E-state index is 13.0. The molecule has 2 aliphatic heterocycles. The van der Waals surface area contributed by atoms with Gasteiger partial charge >= 0.3 is 6.09 Å². The van der Waals surface area contributed by atoms with Gasteiger partial charge in [-0.1, -0.05) is 79.6 Å². The summed E-state index contributed by atoms with van der Waals surface area (Å²) in [6.45, 7) is 0.973. The van der Waals surface area contributed by atoms with Gasteiger partial charge in [0.25, 0.3) is 0 Å². The number of ether oxygens (including phenoxy) is 1. The Kier molecular flexibility index (Phi) is 7.66. The molecular formula is C39H37N5O2. The first-order valence-electron chi connectivity index (χ1n) is 16.5. The van der Waals surface area contributed by atoms with Gasteiger partial charge < -0.3 is 9.72 Å². The van der Waals surface area contributed by atoms with Crippen LogP contribution in [0.1, 0.15) is 67.8 Å². The van der Waals surface area contributed by atoms with Crippen LogP contribution in [0.25, 0.3) is 38.9 Å². The molecule has 7 nitrogen and oxygen atoms in total. The first-order chi connectivity index (χ1) is 22.7. The molecule has 1 saturated carbocycles. The highest BCUT2D eigenvalue weighted by atomic mass is 16.6. The quantitative estimate of drug-likeness (QED) is 0.200. The number of aromatic nitrogens is 3. The van der Waals surface area contributed by atoms with Crippen LogP contribution in [0.3, 0.4) is 0 Å². The highest BCUT2D eigenvalue weighted by molar-refractivity contribution is 6.03. The number of hydrogen-bond donors (Lipinski definition) is 1. The van der Waals surface area contributed by atoms with E-state index in [4.69, 9.17) is 14.7 Å². The summed E-state index contributed by atoms with van der Waals surface area (Å²) in [6, 6.07) is 27.1. The molecule has 0 radical (unpaired) electrons. The minimum Gasteiger partial charge on any atom is -0.445 e. The van der Waals surface area contributed by atoms with E-state index in [2.05, 4.69) is 58.5 Å². The van der Waals surface area contributed by atoms with Gasteiger partial charge in [-0.2, -0.15) is 0 Å². The molecule has 2 fully saturated rings. The third kappa shape index (κ3) is 5.73. The molecule has 0 spiro atoms. The number of nitrogens with zero attached hydrogens (tertiary/aromatic N) is 4. The van der Waals surface area contributed by atoms with Crippen molar-refractivity contribution in [2.75, 3.05) is 6.54 Å². The van der Waals surface area contributed by atoms with Crippen molar-refractivity contribution in [2.45, 2.75) is 63.5 Å². The van der Waals surface area contributed by atoms with Crippen LogP contribution >= 0.6 is 0 Å². The lowest BCUT2D eigenvalue weighted by Gasteiger charge is -2.24. The van der Waals surface area contributed by atoms with Crippen LogP contribution in [0.2, 0.25) is 0 Å². The van der Waals surface area contributed by atoms with Gasteiger partial charge in [0.05, 0.1) is 23.4 Å². The Bertz CT molecular complexity index is 1940. The molecule has 4 heterocycles. The Morgan fingerprint density at radius 3 is 2.48 bits per heavy atom. The van der Waals surface area contributed by atoms with E-state index in [1.54, 1.807) is 0 Å². The van der Waals surface area contributed by atoms with E-state index in [0.717, 1.165) is 74.4 Å². The number of aromatic amines is 1. The third-order valence-corrected chi connectivity index (χ3v) is 9.76. The number of hydrogen-bond acceptors (Lipinski definition) is 5. The summed E-state index contributed by atoms with van der Waals surface area (Å²) in [6.07, 6.45) is 13.2. The van der Waals surface area contributed by atoms with E-state index in [-0.39, 0.29) is 18.7 Å². The molecule has 8 rings (SSSR count). The van der Waals surface area contributed by atoms with E-state index in [1.807, 2.05) is 53.8 Å². The molecule has 230 valence electrons. The minimum absolute atomic E-state index is 0.0259. The molecular weight excluding hydrogens is 570 g/mol. The fourth-order valence-corrected chi connectivity index (χ4v) is 7.17. The molecule has 3 aromatic carbocycles. The monoisotopic (exact) mass is 607 g/mol. The largest absolute Gasteiger partial charge is 0.445 e. The van der Waals surface area contributed by atoms with Gasteiger partial charge in [-0.25, -0.2) is 9.78 Å². The van der Waals surface area contributed by atoms with Crippen molar-refractivity contribution in [1.82, 2.24) is 19.9 Å². The summed E-state index contributed by atoms with van der Waals surface area (Å²) in [5, 5.41) is 1.09. The number of benzene rings is 3. The average Bonchev–Trinajstić information content (AvgIpc) is 3.94. The van der Waals surface area contributed by atoms with Crippen LogP contribution in [-0.4, -0.2) is 44.2 Å². The first kappa shape index (κ1) is 28.4. The van der Waals surface area contributed by atoms with Crippen molar-refractivity contribution in [2.24, 2.45) is 4.99 Å². The normalized spacial score (nSPS) is 18.3. The SMILES string of the molecule is O=C(OCc1ccccc1)N1CCC[C@@H]1C1=NC=C(c2cnc3cc(-c4ccc(-c5cnc(C6CCCC6)[nH]5)cc4)ccc3c2)C1. The molecule has 1 aliphatic carbocycles. The number of carbonyl (C=O) groups is 1. The molecule has 7 heteroatoms. The van der Waals surface area contributed by atoms with Crippen molar-refractivity contribution in [3.8, 4) is 22.4 Å². The molecule has 1 amide bonds. The van der Waals surface area contributed by atoms with E-state index in [1.165, 1.54) is 25.7 Å². The number of aliphatic imine (C=N–C) groups is 1. The lowest BCUT2D eigenvalue weighted by molar-refractivity contribution is 0.0992. The second kappa shape index (κ2) is 12.4. The minimum atomic E-state index is -0.268. The second-order valence-electron chi connectivity index (χ2n) is 12.7. The van der Waals surface area contributed by atoms with Gasteiger partial charge in [-0.15, -0.1) is 0 Å². The lowest BCUT2D eigenvalue weighted by Crippen LogP contribution is -2.40. The van der Waals surface area contributed by atoms with Crippen molar-refractivity contribution in [3.05, 3.63) is 114 Å². The zero-order chi connectivity index (χ0) is 30.9. The van der Waals surface area contributed by atoms with Crippen LogP contribution in [-0.2, 0) is 11.3 Å². The van der Waals surface area contributed by atoms with Gasteiger partial charge in [-0.3, -0.25) is 14.9 Å². The number of pyridine rings is 1. The fourth-order valence-electron chi connectivity index (χ4n) is 7.17. The van der Waals surface area contributed by atoms with Crippen LogP contribution in [0.15, 0.2) is 102 Å². The Morgan fingerprint density at radius 1 is 0.826 bits per heavy atom. The molecule has 1 atom stereocenters. The number of amides is 1. The number of allylic oxidation sites excluding steroid dienone is 1. The second-order valence-corrected chi connectivity index (χ2v) is 12.7. The lowest BCUT2D eigenvalue weighted by atomic mass is 9.97. The van der Waals surface area contributed by atoms with E-state index in [0.29, 0.717) is 18.9 Å². The van der Waals surface area contributed by atoms with Gasteiger partial charge in [0, 0.05) is 42.4 Å². The number of nitrogens with one attached hydrogen (secondary N) is 1. The molecule has 0 bridgehead atoms. The molecule has 5 aromatic rings. The van der Waals surface area contributed by atoms with Crippen LogP contribution < -0.4 is 0 Å². The number of H-pyrrole nitrogens is 1. The summed E-state index contributed by atoms with van der Waals surface area (Å²) in [7, 11) is 0. The van der Waals surface area contributed by atoms with Gasteiger partial charge in [0.15, 0.2) is 0 Å². The van der Waals surface area contributed by atoms with Crippen molar-refractivity contribution in [1.29, 1.82) is 0 Å². The van der Waals surface area contributed by atoms with Crippen molar-refractivity contribution in [3.63, 3.8) is 0 Å². The van der Waals surface area contributed by atoms with Gasteiger partial charge in [0.2, 0.25) is 0 Å². The van der Waals surface area contributed by atoms with Crippen LogP contribution in [0, 0.1) is 0 Å². The Hall–Kier alpha value is -5.04. The molecule has 1 saturated heterocycles.